The average molecular weight is 241 g/mol. The minimum atomic E-state index is 0.0609. The molecule has 1 atom stereocenters. The molecule has 17 heavy (non-hydrogen) atoms. The number of rotatable bonds is 6. The number of nitrogens with zero attached hydrogens (tertiary/aromatic N) is 2. The van der Waals surface area contributed by atoms with Gasteiger partial charge in [0.1, 0.15) is 0 Å². The van der Waals surface area contributed by atoms with E-state index in [4.69, 9.17) is 15.0 Å². The van der Waals surface area contributed by atoms with E-state index < -0.39 is 0 Å². The molecule has 1 heterocycles. The molecule has 0 aliphatic rings. The predicted octanol–water partition coefficient (Wildman–Crippen LogP) is 1.56. The van der Waals surface area contributed by atoms with Crippen LogP contribution in [0.2, 0.25) is 0 Å². The molecule has 0 aliphatic carbocycles. The number of nitrogens with two attached hydrogens (primary N) is 1. The van der Waals surface area contributed by atoms with Crippen molar-refractivity contribution in [3.63, 3.8) is 0 Å². The van der Waals surface area contributed by atoms with Gasteiger partial charge in [0.25, 0.3) is 0 Å². The van der Waals surface area contributed by atoms with E-state index in [1.807, 2.05) is 0 Å². The maximum Gasteiger partial charge on any atom is 0.228 e. The van der Waals surface area contributed by atoms with Crippen LogP contribution >= 0.6 is 0 Å². The number of methoxy groups -OCH3 is 1. The summed E-state index contributed by atoms with van der Waals surface area (Å²) in [6, 6.07) is 0.0609. The normalized spacial score (nSPS) is 13.9. The highest BCUT2D eigenvalue weighted by molar-refractivity contribution is 4.90. The molecule has 1 rings (SSSR count). The first-order chi connectivity index (χ1) is 7.90. The maximum atomic E-state index is 6.05. The van der Waals surface area contributed by atoms with Gasteiger partial charge < -0.3 is 15.0 Å². The average Bonchev–Trinajstić information content (AvgIpc) is 2.59. The number of aromatic nitrogens is 2. The molecule has 1 aromatic rings. The summed E-state index contributed by atoms with van der Waals surface area (Å²) in [4.78, 5) is 4.28. The van der Waals surface area contributed by atoms with Crippen LogP contribution in [0.4, 0.5) is 0 Å². The highest BCUT2D eigenvalue weighted by atomic mass is 16.5. The Kier molecular flexibility index (Phi) is 5.08. The zero-order chi connectivity index (χ0) is 12.9. The van der Waals surface area contributed by atoms with Crippen molar-refractivity contribution >= 4 is 0 Å². The van der Waals surface area contributed by atoms with Crippen LogP contribution in [0.1, 0.15) is 38.9 Å². The third-order valence-electron chi connectivity index (χ3n) is 2.35. The van der Waals surface area contributed by atoms with E-state index in [1.165, 1.54) is 0 Å². The van der Waals surface area contributed by atoms with Crippen molar-refractivity contribution in [1.82, 2.24) is 10.1 Å². The summed E-state index contributed by atoms with van der Waals surface area (Å²) >= 11 is 0. The first-order valence-electron chi connectivity index (χ1n) is 5.96. The summed E-state index contributed by atoms with van der Waals surface area (Å²) in [5.41, 5.74) is 6.27. The van der Waals surface area contributed by atoms with Crippen molar-refractivity contribution in [3.8, 4) is 0 Å². The molecule has 1 aromatic heterocycles. The fourth-order valence-corrected chi connectivity index (χ4v) is 1.75. The highest BCUT2D eigenvalue weighted by Gasteiger charge is 2.18. The van der Waals surface area contributed by atoms with Gasteiger partial charge in [0.15, 0.2) is 5.82 Å². The van der Waals surface area contributed by atoms with E-state index in [-0.39, 0.29) is 11.5 Å². The lowest BCUT2D eigenvalue weighted by molar-refractivity contribution is 0.199. The van der Waals surface area contributed by atoms with Gasteiger partial charge in [-0.3, -0.25) is 0 Å². The highest BCUT2D eigenvalue weighted by Crippen LogP contribution is 2.21. The topological polar surface area (TPSA) is 74.2 Å². The Balaban J connectivity index is 2.43. The first kappa shape index (κ1) is 14.1. The molecule has 2 N–H and O–H groups in total. The predicted molar refractivity (Wildman–Crippen MR) is 65.6 cm³/mol. The monoisotopic (exact) mass is 241 g/mol. The van der Waals surface area contributed by atoms with Crippen molar-refractivity contribution in [2.75, 3.05) is 13.7 Å². The Hall–Kier alpha value is -0.940. The third kappa shape index (κ3) is 5.79. The molecule has 0 saturated heterocycles. The maximum absolute atomic E-state index is 6.05. The summed E-state index contributed by atoms with van der Waals surface area (Å²) in [6.45, 7) is 7.12. The second-order valence-electron chi connectivity index (χ2n) is 5.58. The molecule has 0 fully saturated rings. The fraction of sp³-hybridized carbons (Fsp3) is 0.833. The van der Waals surface area contributed by atoms with E-state index in [0.29, 0.717) is 31.2 Å². The Morgan fingerprint density at radius 1 is 1.41 bits per heavy atom. The number of ether oxygens (including phenoxy) is 1. The molecule has 0 bridgehead atoms. The van der Waals surface area contributed by atoms with Crippen LogP contribution in [0.25, 0.3) is 0 Å². The molecule has 5 heteroatoms. The van der Waals surface area contributed by atoms with Crippen LogP contribution < -0.4 is 5.73 Å². The van der Waals surface area contributed by atoms with Crippen molar-refractivity contribution in [3.05, 3.63) is 11.7 Å². The van der Waals surface area contributed by atoms with E-state index in [1.54, 1.807) is 7.11 Å². The van der Waals surface area contributed by atoms with E-state index in [0.717, 1.165) is 6.42 Å². The Bertz CT molecular complexity index is 331. The van der Waals surface area contributed by atoms with Crippen LogP contribution in [0.5, 0.6) is 0 Å². The zero-order valence-corrected chi connectivity index (χ0v) is 11.2. The summed E-state index contributed by atoms with van der Waals surface area (Å²) in [5, 5.41) is 3.88. The van der Waals surface area contributed by atoms with Crippen LogP contribution in [0.15, 0.2) is 4.52 Å². The largest absolute Gasteiger partial charge is 0.384 e. The van der Waals surface area contributed by atoms with E-state index >= 15 is 0 Å². The van der Waals surface area contributed by atoms with Gasteiger partial charge in [-0.05, 0) is 11.8 Å². The Morgan fingerprint density at radius 3 is 2.71 bits per heavy atom. The van der Waals surface area contributed by atoms with Crippen LogP contribution in [0, 0.1) is 5.41 Å². The second-order valence-corrected chi connectivity index (χ2v) is 5.58. The van der Waals surface area contributed by atoms with Gasteiger partial charge in [0.2, 0.25) is 5.89 Å². The smallest absolute Gasteiger partial charge is 0.228 e. The minimum Gasteiger partial charge on any atom is -0.384 e. The number of hydrogen-bond acceptors (Lipinski definition) is 5. The zero-order valence-electron chi connectivity index (χ0n) is 11.2. The van der Waals surface area contributed by atoms with E-state index in [9.17, 15) is 0 Å². The molecule has 1 unspecified atom stereocenters. The SMILES string of the molecule is COCCc1noc(CC(N)CC(C)(C)C)n1. The molecular weight excluding hydrogens is 218 g/mol. The van der Waals surface area contributed by atoms with Gasteiger partial charge in [0, 0.05) is 26.0 Å². The van der Waals surface area contributed by atoms with Crippen molar-refractivity contribution in [2.24, 2.45) is 11.1 Å². The van der Waals surface area contributed by atoms with Crippen molar-refractivity contribution in [2.45, 2.75) is 46.1 Å². The van der Waals surface area contributed by atoms with Crippen LogP contribution in [-0.4, -0.2) is 29.9 Å². The summed E-state index contributed by atoms with van der Waals surface area (Å²) < 4.78 is 10.1. The molecule has 0 aromatic carbocycles. The molecule has 0 aliphatic heterocycles. The van der Waals surface area contributed by atoms with Crippen molar-refractivity contribution in [1.29, 1.82) is 0 Å². The quantitative estimate of drug-likeness (QED) is 0.818. The summed E-state index contributed by atoms with van der Waals surface area (Å²) in [6.07, 6.45) is 2.24. The number of hydrogen-bond donors (Lipinski definition) is 1. The van der Waals surface area contributed by atoms with Gasteiger partial charge in [-0.1, -0.05) is 25.9 Å². The van der Waals surface area contributed by atoms with Gasteiger partial charge >= 0.3 is 0 Å². The van der Waals surface area contributed by atoms with Gasteiger partial charge in [-0.2, -0.15) is 4.98 Å². The van der Waals surface area contributed by atoms with Crippen LogP contribution in [0.3, 0.4) is 0 Å². The Morgan fingerprint density at radius 2 is 2.12 bits per heavy atom. The van der Waals surface area contributed by atoms with Crippen molar-refractivity contribution < 1.29 is 9.26 Å². The van der Waals surface area contributed by atoms with Gasteiger partial charge in [-0.15, -0.1) is 0 Å². The molecule has 0 amide bonds. The lowest BCUT2D eigenvalue weighted by atomic mass is 9.87. The minimum absolute atomic E-state index is 0.0609. The standard InChI is InChI=1S/C12H23N3O2/c1-12(2,3)8-9(13)7-11-14-10(15-17-11)5-6-16-4/h9H,5-8,13H2,1-4H3. The third-order valence-corrected chi connectivity index (χ3v) is 2.35. The molecular formula is C12H23N3O2. The summed E-state index contributed by atoms with van der Waals surface area (Å²) in [5.74, 6) is 1.30. The lowest BCUT2D eigenvalue weighted by Crippen LogP contribution is -2.28. The molecule has 0 spiro atoms. The molecule has 98 valence electrons. The second kappa shape index (κ2) is 6.12. The van der Waals surface area contributed by atoms with E-state index in [2.05, 4.69) is 30.9 Å². The molecule has 0 radical (unpaired) electrons. The molecule has 0 saturated carbocycles. The molecule has 5 nitrogen and oxygen atoms in total. The van der Waals surface area contributed by atoms with Gasteiger partial charge in [0.05, 0.1) is 6.61 Å². The summed E-state index contributed by atoms with van der Waals surface area (Å²) in [7, 11) is 1.65. The lowest BCUT2D eigenvalue weighted by Gasteiger charge is -2.21. The first-order valence-corrected chi connectivity index (χ1v) is 5.96. The Labute approximate surface area is 103 Å². The van der Waals surface area contributed by atoms with Crippen LogP contribution in [-0.2, 0) is 17.6 Å². The van der Waals surface area contributed by atoms with Gasteiger partial charge in [-0.25, -0.2) is 0 Å². The fourth-order valence-electron chi connectivity index (χ4n) is 1.75.